The lowest BCUT2D eigenvalue weighted by Crippen LogP contribution is -2.36. The summed E-state index contributed by atoms with van der Waals surface area (Å²) in [5.74, 6) is 1.55. The molecule has 4 rings (SSSR count). The molecular weight excluding hydrogens is 474 g/mol. The number of nitrogens with zero attached hydrogens (tertiary/aromatic N) is 2. The predicted octanol–water partition coefficient (Wildman–Crippen LogP) is 3.50. The minimum absolute atomic E-state index is 0.0305. The van der Waals surface area contributed by atoms with E-state index in [1.54, 1.807) is 28.8 Å². The third-order valence-electron chi connectivity index (χ3n) is 5.05. The van der Waals surface area contributed by atoms with Crippen LogP contribution < -0.4 is 10.2 Å². The monoisotopic (exact) mass is 493 g/mol. The number of nitrogens with one attached hydrogen (secondary N) is 1. The van der Waals surface area contributed by atoms with Crippen LogP contribution in [0.5, 0.6) is 0 Å². The van der Waals surface area contributed by atoms with Gasteiger partial charge >= 0.3 is 0 Å². The van der Waals surface area contributed by atoms with Gasteiger partial charge in [0.15, 0.2) is 0 Å². The molecule has 9 heteroatoms. The summed E-state index contributed by atoms with van der Waals surface area (Å²) in [4.78, 5) is 41.7. The number of carbonyl (C=O) groups is 3. The van der Waals surface area contributed by atoms with Gasteiger partial charge in [-0.1, -0.05) is 0 Å². The van der Waals surface area contributed by atoms with E-state index in [0.29, 0.717) is 17.0 Å². The van der Waals surface area contributed by atoms with Gasteiger partial charge in [-0.25, -0.2) is 0 Å². The lowest BCUT2D eigenvalue weighted by molar-refractivity contribution is -0.117. The van der Waals surface area contributed by atoms with Crippen LogP contribution in [-0.2, 0) is 4.79 Å². The molecule has 1 atom stereocenters. The minimum Gasteiger partial charge on any atom is -0.346 e. The maximum atomic E-state index is 12.7. The van der Waals surface area contributed by atoms with Gasteiger partial charge in [0.1, 0.15) is 0 Å². The van der Waals surface area contributed by atoms with E-state index in [1.165, 1.54) is 11.3 Å². The standard InChI is InChI=1S/C20H20BrN3O3S2/c1-12-8-14(2-3-15(12)20(27)23-6-7-28-11-23)24-10-13(9-18(24)25)22-19(26)16-4-5-17(21)29-16/h2-5,8,13H,6-7,9-11H2,1H3,(H,22,26). The van der Waals surface area contributed by atoms with E-state index in [0.717, 1.165) is 33.2 Å². The fourth-order valence-electron chi connectivity index (χ4n) is 3.55. The molecule has 0 saturated carbocycles. The SMILES string of the molecule is Cc1cc(N2CC(NC(=O)c3ccc(Br)s3)CC2=O)ccc1C(=O)N1CCSC1. The van der Waals surface area contributed by atoms with E-state index in [1.807, 2.05) is 30.0 Å². The van der Waals surface area contributed by atoms with Crippen LogP contribution in [-0.4, -0.2) is 53.4 Å². The second-order valence-electron chi connectivity index (χ2n) is 7.09. The van der Waals surface area contributed by atoms with E-state index in [9.17, 15) is 14.4 Å². The van der Waals surface area contributed by atoms with Crippen molar-refractivity contribution in [3.63, 3.8) is 0 Å². The lowest BCUT2D eigenvalue weighted by Gasteiger charge is -2.20. The molecular formula is C20H20BrN3O3S2. The first kappa shape index (κ1) is 20.4. The van der Waals surface area contributed by atoms with Crippen LogP contribution in [0.25, 0.3) is 0 Å². The zero-order valence-electron chi connectivity index (χ0n) is 15.8. The molecule has 0 spiro atoms. The fourth-order valence-corrected chi connectivity index (χ4v) is 5.78. The molecule has 0 bridgehead atoms. The fraction of sp³-hybridized carbons (Fsp3) is 0.350. The second kappa shape index (κ2) is 8.49. The third-order valence-corrected chi connectivity index (χ3v) is 7.64. The average molecular weight is 494 g/mol. The van der Waals surface area contributed by atoms with Crippen molar-refractivity contribution < 1.29 is 14.4 Å². The molecule has 0 aliphatic carbocycles. The smallest absolute Gasteiger partial charge is 0.261 e. The Morgan fingerprint density at radius 2 is 2.07 bits per heavy atom. The Bertz CT molecular complexity index is 972. The summed E-state index contributed by atoms with van der Waals surface area (Å²) < 4.78 is 0.893. The summed E-state index contributed by atoms with van der Waals surface area (Å²) in [5.41, 5.74) is 2.29. The summed E-state index contributed by atoms with van der Waals surface area (Å²) in [6.45, 7) is 3.10. The van der Waals surface area contributed by atoms with Crippen LogP contribution in [0.15, 0.2) is 34.1 Å². The summed E-state index contributed by atoms with van der Waals surface area (Å²) in [6, 6.07) is 8.86. The molecule has 1 unspecified atom stereocenters. The van der Waals surface area contributed by atoms with E-state index in [4.69, 9.17) is 0 Å². The first-order valence-electron chi connectivity index (χ1n) is 9.26. The van der Waals surface area contributed by atoms with Crippen LogP contribution in [0.3, 0.4) is 0 Å². The van der Waals surface area contributed by atoms with Gasteiger partial charge in [-0.05, 0) is 58.7 Å². The maximum Gasteiger partial charge on any atom is 0.261 e. The first-order chi connectivity index (χ1) is 13.9. The van der Waals surface area contributed by atoms with Gasteiger partial charge in [0.05, 0.1) is 20.6 Å². The molecule has 2 aromatic rings. The van der Waals surface area contributed by atoms with Crippen LogP contribution in [0.4, 0.5) is 5.69 Å². The molecule has 1 N–H and O–H groups in total. The highest BCUT2D eigenvalue weighted by Gasteiger charge is 2.32. The van der Waals surface area contributed by atoms with Crippen molar-refractivity contribution in [2.75, 3.05) is 29.6 Å². The van der Waals surface area contributed by atoms with Gasteiger partial charge in [-0.3, -0.25) is 14.4 Å². The molecule has 2 saturated heterocycles. The number of amides is 3. The highest BCUT2D eigenvalue weighted by atomic mass is 79.9. The molecule has 1 aromatic carbocycles. The van der Waals surface area contributed by atoms with Crippen molar-refractivity contribution in [1.29, 1.82) is 0 Å². The van der Waals surface area contributed by atoms with Crippen LogP contribution in [0, 0.1) is 6.92 Å². The normalized spacial score (nSPS) is 19.1. The Labute approximate surface area is 185 Å². The molecule has 1 aromatic heterocycles. The number of carbonyl (C=O) groups excluding carboxylic acids is 3. The highest BCUT2D eigenvalue weighted by molar-refractivity contribution is 9.11. The quantitative estimate of drug-likeness (QED) is 0.707. The number of halogens is 1. The largest absolute Gasteiger partial charge is 0.346 e. The number of rotatable bonds is 4. The zero-order valence-corrected chi connectivity index (χ0v) is 19.0. The number of thioether (sulfide) groups is 1. The van der Waals surface area contributed by atoms with E-state index >= 15 is 0 Å². The van der Waals surface area contributed by atoms with Crippen molar-refractivity contribution in [2.24, 2.45) is 0 Å². The maximum absolute atomic E-state index is 12.7. The highest BCUT2D eigenvalue weighted by Crippen LogP contribution is 2.27. The molecule has 29 heavy (non-hydrogen) atoms. The Kier molecular flexibility index (Phi) is 5.98. The van der Waals surface area contributed by atoms with E-state index in [2.05, 4.69) is 21.2 Å². The average Bonchev–Trinajstić information content (AvgIpc) is 3.42. The number of hydrogen-bond donors (Lipinski definition) is 1. The summed E-state index contributed by atoms with van der Waals surface area (Å²) in [5, 5.41) is 2.95. The van der Waals surface area contributed by atoms with Crippen molar-refractivity contribution in [2.45, 2.75) is 19.4 Å². The molecule has 2 aliphatic rings. The molecule has 6 nitrogen and oxygen atoms in total. The Morgan fingerprint density at radius 1 is 1.24 bits per heavy atom. The van der Waals surface area contributed by atoms with E-state index < -0.39 is 0 Å². The molecule has 2 fully saturated rings. The molecule has 3 heterocycles. The molecule has 2 aliphatic heterocycles. The number of hydrogen-bond acceptors (Lipinski definition) is 5. The number of thiophene rings is 1. The summed E-state index contributed by atoms with van der Waals surface area (Å²) in [7, 11) is 0. The van der Waals surface area contributed by atoms with Gasteiger partial charge in [0.2, 0.25) is 5.91 Å². The molecule has 152 valence electrons. The summed E-state index contributed by atoms with van der Waals surface area (Å²) >= 11 is 6.47. The molecule has 0 radical (unpaired) electrons. The Balaban J connectivity index is 1.44. The minimum atomic E-state index is -0.237. The van der Waals surface area contributed by atoms with Crippen molar-refractivity contribution in [3.05, 3.63) is 50.1 Å². The van der Waals surface area contributed by atoms with Gasteiger partial charge < -0.3 is 15.1 Å². The number of anilines is 1. The Hall–Kier alpha value is -1.84. The van der Waals surface area contributed by atoms with E-state index in [-0.39, 0.29) is 30.2 Å². The predicted molar refractivity (Wildman–Crippen MR) is 120 cm³/mol. The van der Waals surface area contributed by atoms with Crippen LogP contribution in [0.2, 0.25) is 0 Å². The molecule has 3 amide bonds. The van der Waals surface area contributed by atoms with Gasteiger partial charge in [-0.15, -0.1) is 23.1 Å². The third kappa shape index (κ3) is 4.36. The zero-order chi connectivity index (χ0) is 20.5. The van der Waals surface area contributed by atoms with Crippen LogP contribution in [0.1, 0.15) is 32.0 Å². The summed E-state index contributed by atoms with van der Waals surface area (Å²) in [6.07, 6.45) is 0.267. The van der Waals surface area contributed by atoms with Crippen LogP contribution >= 0.6 is 39.0 Å². The van der Waals surface area contributed by atoms with Crippen molar-refractivity contribution >= 4 is 62.4 Å². The topological polar surface area (TPSA) is 69.7 Å². The van der Waals surface area contributed by atoms with Gasteiger partial charge in [0, 0.05) is 36.5 Å². The first-order valence-corrected chi connectivity index (χ1v) is 12.0. The second-order valence-corrected chi connectivity index (χ2v) is 10.6. The van der Waals surface area contributed by atoms with Crippen molar-refractivity contribution in [1.82, 2.24) is 10.2 Å². The van der Waals surface area contributed by atoms with Crippen molar-refractivity contribution in [3.8, 4) is 0 Å². The number of benzene rings is 1. The van der Waals surface area contributed by atoms with Gasteiger partial charge in [-0.2, -0.15) is 0 Å². The number of aryl methyl sites for hydroxylation is 1. The lowest BCUT2D eigenvalue weighted by atomic mass is 10.1. The van der Waals surface area contributed by atoms with Gasteiger partial charge in [0.25, 0.3) is 11.8 Å². The Morgan fingerprint density at radius 3 is 2.72 bits per heavy atom.